The van der Waals surface area contributed by atoms with Crippen LogP contribution in [0, 0.1) is 0 Å². The number of nitrogens with zero attached hydrogens (tertiary/aromatic N) is 5. The molecule has 0 aliphatic carbocycles. The highest BCUT2D eigenvalue weighted by Crippen LogP contribution is 2.35. The van der Waals surface area contributed by atoms with Crippen molar-refractivity contribution in [1.29, 1.82) is 0 Å². The molecule has 0 spiro atoms. The maximum absolute atomic E-state index is 12.9. The van der Waals surface area contributed by atoms with E-state index in [1.165, 1.54) is 22.7 Å². The van der Waals surface area contributed by atoms with Gasteiger partial charge in [0.1, 0.15) is 5.82 Å². The summed E-state index contributed by atoms with van der Waals surface area (Å²) >= 11 is 6.12. The molecular weight excluding hydrogens is 443 g/mol. The Kier molecular flexibility index (Phi) is 6.88. The minimum atomic E-state index is -4.48. The summed E-state index contributed by atoms with van der Waals surface area (Å²) in [6.45, 7) is 4.97. The average Bonchev–Trinajstić information content (AvgIpc) is 2.67. The molecule has 170 valence electrons. The molecule has 0 radical (unpaired) electrons. The van der Waals surface area contributed by atoms with Gasteiger partial charge in [0.15, 0.2) is 0 Å². The number of rotatable bonds is 4. The quantitative estimate of drug-likeness (QED) is 0.678. The lowest BCUT2D eigenvalue weighted by Gasteiger charge is -2.46. The van der Waals surface area contributed by atoms with Crippen LogP contribution >= 0.6 is 11.6 Å². The van der Waals surface area contributed by atoms with E-state index in [1.807, 2.05) is 11.8 Å². The Morgan fingerprint density at radius 3 is 2.30 bits per heavy atom. The highest BCUT2D eigenvalue weighted by Gasteiger charge is 2.36. The second-order valence-electron chi connectivity index (χ2n) is 7.98. The van der Waals surface area contributed by atoms with E-state index in [4.69, 9.17) is 11.6 Å². The first kappa shape index (κ1) is 23.5. The third kappa shape index (κ3) is 4.85. The van der Waals surface area contributed by atoms with E-state index >= 15 is 0 Å². The molecule has 3 rings (SSSR count). The van der Waals surface area contributed by atoms with Gasteiger partial charge in [-0.05, 0) is 25.8 Å². The van der Waals surface area contributed by atoms with Gasteiger partial charge in [-0.2, -0.15) is 30.2 Å². The van der Waals surface area contributed by atoms with E-state index in [1.54, 1.807) is 0 Å². The van der Waals surface area contributed by atoms with Crippen LogP contribution in [0.4, 0.5) is 19.0 Å². The van der Waals surface area contributed by atoms with Gasteiger partial charge in [-0.25, -0.2) is 4.98 Å². The number of pyridine rings is 1. The minimum absolute atomic E-state index is 0.00711. The van der Waals surface area contributed by atoms with Crippen LogP contribution in [0.3, 0.4) is 0 Å². The Labute approximate surface area is 180 Å². The van der Waals surface area contributed by atoms with Crippen molar-refractivity contribution in [3.8, 4) is 0 Å². The Hall–Kier alpha value is -1.14. The first-order valence-electron chi connectivity index (χ1n) is 9.82. The van der Waals surface area contributed by atoms with Crippen molar-refractivity contribution in [3.63, 3.8) is 0 Å². The molecule has 12 heteroatoms. The molecule has 0 bridgehead atoms. The van der Waals surface area contributed by atoms with Gasteiger partial charge in [-0.15, -0.1) is 0 Å². The SMILES string of the molecule is CC1CN(C2CCN(S(=O)(=O)N(C)C)CC2)CCN1c1ncc(C(F)(F)F)cc1Cl. The number of piperazine rings is 1. The maximum atomic E-state index is 12.9. The lowest BCUT2D eigenvalue weighted by molar-refractivity contribution is -0.137. The summed E-state index contributed by atoms with van der Waals surface area (Å²) in [5.74, 6) is 0.365. The normalized spacial score (nSPS) is 23.3. The molecule has 2 saturated heterocycles. The van der Waals surface area contributed by atoms with E-state index in [9.17, 15) is 21.6 Å². The van der Waals surface area contributed by atoms with Crippen LogP contribution in [0.5, 0.6) is 0 Å². The fraction of sp³-hybridized carbons (Fsp3) is 0.722. The predicted molar refractivity (Wildman–Crippen MR) is 110 cm³/mol. The monoisotopic (exact) mass is 469 g/mol. The lowest BCUT2D eigenvalue weighted by atomic mass is 10.0. The standard InChI is InChI=1S/C18H27ClF3N5O2S/c1-13-12-25(15-4-6-26(7-5-15)30(28,29)24(2)3)8-9-27(13)17-16(19)10-14(11-23-17)18(20,21)22/h10-11,13,15H,4-9,12H2,1-3H3. The summed E-state index contributed by atoms with van der Waals surface area (Å²) in [7, 11) is -0.331. The summed E-state index contributed by atoms with van der Waals surface area (Å²) in [6, 6.07) is 1.22. The predicted octanol–water partition coefficient (Wildman–Crippen LogP) is 2.54. The number of hydrogen-bond donors (Lipinski definition) is 0. The molecule has 7 nitrogen and oxygen atoms in total. The van der Waals surface area contributed by atoms with Gasteiger partial charge >= 0.3 is 6.18 Å². The van der Waals surface area contributed by atoms with Gasteiger partial charge in [0.05, 0.1) is 10.6 Å². The van der Waals surface area contributed by atoms with Crippen molar-refractivity contribution >= 4 is 27.6 Å². The zero-order valence-corrected chi connectivity index (χ0v) is 18.8. The summed E-state index contributed by atoms with van der Waals surface area (Å²) in [6.07, 6.45) is -2.16. The molecule has 1 unspecified atom stereocenters. The third-order valence-corrected chi connectivity index (χ3v) is 8.03. The van der Waals surface area contributed by atoms with Gasteiger partial charge in [0, 0.05) is 65.1 Å². The second kappa shape index (κ2) is 8.78. The molecule has 2 aliphatic heterocycles. The van der Waals surface area contributed by atoms with E-state index in [0.29, 0.717) is 38.5 Å². The Morgan fingerprint density at radius 1 is 1.17 bits per heavy atom. The van der Waals surface area contributed by atoms with E-state index in [-0.39, 0.29) is 17.1 Å². The second-order valence-corrected chi connectivity index (χ2v) is 10.5. The van der Waals surface area contributed by atoms with Crippen molar-refractivity contribution in [2.45, 2.75) is 38.0 Å². The molecule has 0 aromatic carbocycles. The van der Waals surface area contributed by atoms with Gasteiger partial charge < -0.3 is 4.90 Å². The number of hydrogen-bond acceptors (Lipinski definition) is 5. The van der Waals surface area contributed by atoms with Crippen molar-refractivity contribution in [3.05, 3.63) is 22.8 Å². The van der Waals surface area contributed by atoms with E-state index < -0.39 is 21.9 Å². The first-order valence-corrected chi connectivity index (χ1v) is 11.6. The fourth-order valence-corrected chi connectivity index (χ4v) is 5.51. The van der Waals surface area contributed by atoms with Crippen molar-refractivity contribution in [2.24, 2.45) is 0 Å². The van der Waals surface area contributed by atoms with Gasteiger partial charge in [0.25, 0.3) is 10.2 Å². The molecule has 2 aliphatic rings. The highest BCUT2D eigenvalue weighted by molar-refractivity contribution is 7.86. The average molecular weight is 470 g/mol. The number of alkyl halides is 3. The van der Waals surface area contributed by atoms with Crippen LogP contribution in [0.15, 0.2) is 12.3 Å². The van der Waals surface area contributed by atoms with E-state index in [2.05, 4.69) is 9.88 Å². The highest BCUT2D eigenvalue weighted by atomic mass is 35.5. The van der Waals surface area contributed by atoms with Crippen LogP contribution in [-0.4, -0.2) is 85.8 Å². The van der Waals surface area contributed by atoms with Gasteiger partial charge in [-0.1, -0.05) is 11.6 Å². The third-order valence-electron chi connectivity index (χ3n) is 5.81. The molecule has 2 fully saturated rings. The van der Waals surface area contributed by atoms with Crippen molar-refractivity contribution < 1.29 is 21.6 Å². The molecule has 0 saturated carbocycles. The van der Waals surface area contributed by atoms with Crippen LogP contribution in [0.25, 0.3) is 0 Å². The first-order chi connectivity index (χ1) is 13.9. The molecule has 1 atom stereocenters. The summed E-state index contributed by atoms with van der Waals surface area (Å²) in [5.41, 5.74) is -0.859. The zero-order chi connectivity index (χ0) is 22.3. The van der Waals surface area contributed by atoms with Gasteiger partial charge in [0.2, 0.25) is 0 Å². The van der Waals surface area contributed by atoms with Gasteiger partial charge in [-0.3, -0.25) is 4.90 Å². The number of anilines is 1. The van der Waals surface area contributed by atoms with Crippen molar-refractivity contribution in [1.82, 2.24) is 18.5 Å². The molecule has 1 aromatic heterocycles. The largest absolute Gasteiger partial charge is 0.417 e. The number of halogens is 4. The molecule has 0 amide bonds. The molecule has 3 heterocycles. The van der Waals surface area contributed by atoms with Crippen molar-refractivity contribution in [2.75, 3.05) is 51.7 Å². The van der Waals surface area contributed by atoms with Crippen LogP contribution in [-0.2, 0) is 16.4 Å². The number of piperidine rings is 1. The Morgan fingerprint density at radius 2 is 1.80 bits per heavy atom. The lowest BCUT2D eigenvalue weighted by Crippen LogP contribution is -2.57. The minimum Gasteiger partial charge on any atom is -0.350 e. The smallest absolute Gasteiger partial charge is 0.350 e. The Bertz CT molecular complexity index is 860. The summed E-state index contributed by atoms with van der Waals surface area (Å²) in [4.78, 5) is 8.25. The summed E-state index contributed by atoms with van der Waals surface area (Å²) < 4.78 is 65.9. The topological polar surface area (TPSA) is 60.0 Å². The van der Waals surface area contributed by atoms with Crippen LogP contribution in [0.2, 0.25) is 5.02 Å². The van der Waals surface area contributed by atoms with Crippen LogP contribution in [0.1, 0.15) is 25.3 Å². The van der Waals surface area contributed by atoms with E-state index in [0.717, 1.165) is 25.1 Å². The maximum Gasteiger partial charge on any atom is 0.417 e. The number of aromatic nitrogens is 1. The molecule has 30 heavy (non-hydrogen) atoms. The summed E-state index contributed by atoms with van der Waals surface area (Å²) in [5, 5.41) is -0.00711. The molecule has 0 N–H and O–H groups in total. The zero-order valence-electron chi connectivity index (χ0n) is 17.2. The Balaban J connectivity index is 1.61. The molecule has 1 aromatic rings. The fourth-order valence-electron chi connectivity index (χ4n) is 4.10. The molecular formula is C18H27ClF3N5O2S. The van der Waals surface area contributed by atoms with Crippen LogP contribution < -0.4 is 4.90 Å².